The van der Waals surface area contributed by atoms with Crippen molar-refractivity contribution in [3.05, 3.63) is 90.3 Å². The van der Waals surface area contributed by atoms with Crippen LogP contribution in [-0.4, -0.2) is 48.6 Å². The Hall–Kier alpha value is -4.07. The molecule has 0 radical (unpaired) electrons. The van der Waals surface area contributed by atoms with Crippen molar-refractivity contribution >= 4 is 5.91 Å². The van der Waals surface area contributed by atoms with E-state index in [2.05, 4.69) is 20.1 Å². The van der Waals surface area contributed by atoms with E-state index in [0.717, 1.165) is 29.8 Å². The van der Waals surface area contributed by atoms with Crippen LogP contribution in [0.5, 0.6) is 11.6 Å². The molecule has 1 fully saturated rings. The Morgan fingerprint density at radius 3 is 2.70 bits per heavy atom. The highest BCUT2D eigenvalue weighted by molar-refractivity contribution is 5.94. The van der Waals surface area contributed by atoms with E-state index < -0.39 is 0 Å². The zero-order valence-electron chi connectivity index (χ0n) is 18.3. The van der Waals surface area contributed by atoms with Gasteiger partial charge in [0.25, 0.3) is 5.91 Å². The minimum atomic E-state index is -0.0375. The Kier molecular flexibility index (Phi) is 5.80. The van der Waals surface area contributed by atoms with Gasteiger partial charge in [0, 0.05) is 50.0 Å². The molecular weight excluding hydrogens is 416 g/mol. The molecule has 3 aromatic heterocycles. The van der Waals surface area contributed by atoms with Gasteiger partial charge in [-0.15, -0.1) is 0 Å². The Bertz CT molecular complexity index is 1240. The summed E-state index contributed by atoms with van der Waals surface area (Å²) >= 11 is 0. The second-order valence-corrected chi connectivity index (χ2v) is 8.06. The molecule has 1 saturated heterocycles. The number of aromatic nitrogens is 5. The molecule has 8 nitrogen and oxygen atoms in total. The molecule has 1 aliphatic rings. The first-order chi connectivity index (χ1) is 16.2. The number of piperidine rings is 1. The summed E-state index contributed by atoms with van der Waals surface area (Å²) in [6.07, 6.45) is 10.2. The lowest BCUT2D eigenvalue weighted by Gasteiger charge is -2.32. The number of likely N-dealkylation sites (tertiary alicyclic amines) is 1. The predicted octanol–water partition coefficient (Wildman–Crippen LogP) is 4.18. The molecule has 5 rings (SSSR count). The summed E-state index contributed by atoms with van der Waals surface area (Å²) in [6, 6.07) is 13.3. The van der Waals surface area contributed by atoms with Crippen LogP contribution in [-0.2, 0) is 0 Å². The van der Waals surface area contributed by atoms with E-state index in [1.54, 1.807) is 41.6 Å². The van der Waals surface area contributed by atoms with E-state index in [4.69, 9.17) is 4.74 Å². The topological polar surface area (TPSA) is 86.0 Å². The number of carbonyl (C=O) groups excluding carboxylic acids is 1. The molecule has 33 heavy (non-hydrogen) atoms. The number of benzene rings is 1. The van der Waals surface area contributed by atoms with Crippen molar-refractivity contribution in [2.75, 3.05) is 13.1 Å². The van der Waals surface area contributed by atoms with Crippen molar-refractivity contribution < 1.29 is 9.53 Å². The summed E-state index contributed by atoms with van der Waals surface area (Å²) in [7, 11) is 0. The van der Waals surface area contributed by atoms with Crippen molar-refractivity contribution in [3.63, 3.8) is 0 Å². The molecule has 1 aromatic carbocycles. The van der Waals surface area contributed by atoms with Gasteiger partial charge in [0.2, 0.25) is 5.88 Å². The standard InChI is InChI=1S/C25H24N6O2/c1-18-6-2-3-8-21(18)33-24-23(26-12-13-27-24)20-7-4-14-30(17-20)25(32)19-9-10-22(28-16-19)31-15-5-11-29-31/h2-3,5-6,8-13,15-16,20H,4,7,14,17H2,1H3. The Morgan fingerprint density at radius 2 is 1.91 bits per heavy atom. The molecule has 1 unspecified atom stereocenters. The van der Waals surface area contributed by atoms with Gasteiger partial charge in [-0.2, -0.15) is 5.10 Å². The number of nitrogens with zero attached hydrogens (tertiary/aromatic N) is 6. The molecule has 0 bridgehead atoms. The normalized spacial score (nSPS) is 15.9. The van der Waals surface area contributed by atoms with E-state index in [9.17, 15) is 4.79 Å². The largest absolute Gasteiger partial charge is 0.437 e. The first-order valence-electron chi connectivity index (χ1n) is 11.0. The number of ether oxygens (including phenoxy) is 1. The lowest BCUT2D eigenvalue weighted by molar-refractivity contribution is 0.0704. The van der Waals surface area contributed by atoms with Gasteiger partial charge in [0.15, 0.2) is 5.82 Å². The van der Waals surface area contributed by atoms with E-state index in [-0.39, 0.29) is 11.8 Å². The van der Waals surface area contributed by atoms with Gasteiger partial charge in [0.05, 0.1) is 5.56 Å². The Balaban J connectivity index is 1.33. The average molecular weight is 441 g/mol. The molecule has 1 atom stereocenters. The highest BCUT2D eigenvalue weighted by Crippen LogP contribution is 2.33. The molecule has 1 amide bonds. The van der Waals surface area contributed by atoms with Crippen LogP contribution in [0.15, 0.2) is 73.4 Å². The molecule has 0 saturated carbocycles. The highest BCUT2D eigenvalue weighted by atomic mass is 16.5. The smallest absolute Gasteiger partial charge is 0.255 e. The lowest BCUT2D eigenvalue weighted by Crippen LogP contribution is -2.39. The maximum Gasteiger partial charge on any atom is 0.255 e. The molecule has 0 aliphatic carbocycles. The second-order valence-electron chi connectivity index (χ2n) is 8.06. The maximum absolute atomic E-state index is 13.2. The van der Waals surface area contributed by atoms with Gasteiger partial charge >= 0.3 is 0 Å². The van der Waals surface area contributed by atoms with Crippen LogP contribution in [0.4, 0.5) is 0 Å². The fourth-order valence-corrected chi connectivity index (χ4v) is 4.09. The number of aryl methyl sites for hydroxylation is 1. The van der Waals surface area contributed by atoms with Crippen LogP contribution in [0.3, 0.4) is 0 Å². The number of carbonyl (C=O) groups is 1. The summed E-state index contributed by atoms with van der Waals surface area (Å²) in [6.45, 7) is 3.26. The van der Waals surface area contributed by atoms with Crippen LogP contribution >= 0.6 is 0 Å². The summed E-state index contributed by atoms with van der Waals surface area (Å²) < 4.78 is 7.79. The van der Waals surface area contributed by atoms with Crippen LogP contribution in [0.25, 0.3) is 5.82 Å². The Morgan fingerprint density at radius 1 is 1.03 bits per heavy atom. The van der Waals surface area contributed by atoms with E-state index >= 15 is 0 Å². The minimum Gasteiger partial charge on any atom is -0.437 e. The third-order valence-electron chi connectivity index (χ3n) is 5.82. The van der Waals surface area contributed by atoms with Crippen LogP contribution in [0.2, 0.25) is 0 Å². The average Bonchev–Trinajstić information content (AvgIpc) is 3.41. The van der Waals surface area contributed by atoms with Gasteiger partial charge in [-0.05, 0) is 49.6 Å². The van der Waals surface area contributed by atoms with Crippen molar-refractivity contribution in [2.24, 2.45) is 0 Å². The number of pyridine rings is 1. The number of hydrogen-bond donors (Lipinski definition) is 0. The lowest BCUT2D eigenvalue weighted by atomic mass is 9.94. The summed E-state index contributed by atoms with van der Waals surface area (Å²) in [5.74, 6) is 1.93. The third kappa shape index (κ3) is 4.45. The van der Waals surface area contributed by atoms with Crippen LogP contribution in [0.1, 0.15) is 40.4 Å². The number of rotatable bonds is 5. The molecule has 8 heteroatoms. The first-order valence-corrected chi connectivity index (χ1v) is 11.0. The first kappa shape index (κ1) is 20.8. The fourth-order valence-electron chi connectivity index (χ4n) is 4.09. The SMILES string of the molecule is Cc1ccccc1Oc1nccnc1C1CCCN(C(=O)c2ccc(-n3cccn3)nc2)C1. The summed E-state index contributed by atoms with van der Waals surface area (Å²) in [4.78, 5) is 28.5. The van der Waals surface area contributed by atoms with Gasteiger partial charge in [0.1, 0.15) is 11.4 Å². The van der Waals surface area contributed by atoms with Crippen molar-refractivity contribution in [1.29, 1.82) is 0 Å². The van der Waals surface area contributed by atoms with Crippen LogP contribution < -0.4 is 4.74 Å². The van der Waals surface area contributed by atoms with Gasteiger partial charge in [-0.1, -0.05) is 18.2 Å². The van der Waals surface area contributed by atoms with Crippen molar-refractivity contribution in [2.45, 2.75) is 25.7 Å². The molecular formula is C25H24N6O2. The molecule has 1 aliphatic heterocycles. The van der Waals surface area contributed by atoms with Gasteiger partial charge in [-0.3, -0.25) is 9.78 Å². The number of hydrogen-bond acceptors (Lipinski definition) is 6. The molecule has 166 valence electrons. The zero-order chi connectivity index (χ0) is 22.6. The molecule has 0 N–H and O–H groups in total. The quantitative estimate of drug-likeness (QED) is 0.463. The molecule has 4 heterocycles. The molecule has 4 aromatic rings. The predicted molar refractivity (Wildman–Crippen MR) is 123 cm³/mol. The van der Waals surface area contributed by atoms with Gasteiger partial charge in [-0.25, -0.2) is 14.6 Å². The third-order valence-corrected chi connectivity index (χ3v) is 5.82. The van der Waals surface area contributed by atoms with E-state index in [1.165, 1.54) is 0 Å². The van der Waals surface area contributed by atoms with Crippen molar-refractivity contribution in [1.82, 2.24) is 29.6 Å². The zero-order valence-corrected chi connectivity index (χ0v) is 18.3. The van der Waals surface area contributed by atoms with E-state index in [1.807, 2.05) is 48.4 Å². The monoisotopic (exact) mass is 440 g/mol. The van der Waals surface area contributed by atoms with Gasteiger partial charge < -0.3 is 9.64 Å². The Labute approximate surface area is 191 Å². The van der Waals surface area contributed by atoms with E-state index in [0.29, 0.717) is 30.4 Å². The maximum atomic E-state index is 13.2. The molecule has 0 spiro atoms. The van der Waals surface area contributed by atoms with Crippen LogP contribution in [0, 0.1) is 6.92 Å². The number of amides is 1. The van der Waals surface area contributed by atoms with Crippen molar-refractivity contribution in [3.8, 4) is 17.4 Å². The fraction of sp³-hybridized carbons (Fsp3) is 0.240. The summed E-state index contributed by atoms with van der Waals surface area (Å²) in [5, 5.41) is 4.17. The highest BCUT2D eigenvalue weighted by Gasteiger charge is 2.29. The second kappa shape index (κ2) is 9.20. The number of para-hydroxylation sites is 1. The minimum absolute atomic E-state index is 0.0375. The summed E-state index contributed by atoms with van der Waals surface area (Å²) in [5.41, 5.74) is 2.37.